The highest BCUT2D eigenvalue weighted by Crippen LogP contribution is 2.06. The standard InChI is InChI=1S/C9H14N2O/c1-3-7(2)11-6-4-5-8(10)9(11)12/h4-7H,3,10H2,1-2H3. The molecule has 0 aliphatic heterocycles. The Labute approximate surface area is 71.8 Å². The van der Waals surface area contributed by atoms with Crippen LogP contribution in [0, 0.1) is 0 Å². The van der Waals surface area contributed by atoms with Crippen molar-refractivity contribution in [3.8, 4) is 0 Å². The predicted octanol–water partition coefficient (Wildman–Crippen LogP) is 1.40. The molecule has 0 fully saturated rings. The summed E-state index contributed by atoms with van der Waals surface area (Å²) >= 11 is 0. The molecule has 66 valence electrons. The normalized spacial score (nSPS) is 12.8. The molecule has 0 amide bonds. The minimum Gasteiger partial charge on any atom is -0.394 e. The highest BCUT2D eigenvalue weighted by molar-refractivity contribution is 5.33. The molecule has 1 aromatic heterocycles. The third kappa shape index (κ3) is 1.49. The summed E-state index contributed by atoms with van der Waals surface area (Å²) in [5.41, 5.74) is 5.71. The Morgan fingerprint density at radius 2 is 2.33 bits per heavy atom. The second-order valence-corrected chi connectivity index (χ2v) is 2.93. The molecule has 1 unspecified atom stereocenters. The van der Waals surface area contributed by atoms with Crippen LogP contribution < -0.4 is 11.3 Å². The Hall–Kier alpha value is -1.25. The number of hydrogen-bond donors (Lipinski definition) is 1. The van der Waals surface area contributed by atoms with Crippen LogP contribution in [-0.2, 0) is 0 Å². The van der Waals surface area contributed by atoms with E-state index in [0.29, 0.717) is 5.69 Å². The minimum absolute atomic E-state index is 0.0909. The Morgan fingerprint density at radius 3 is 2.92 bits per heavy atom. The average molecular weight is 166 g/mol. The van der Waals surface area contributed by atoms with Crippen LogP contribution in [0.15, 0.2) is 23.1 Å². The third-order valence-corrected chi connectivity index (χ3v) is 2.07. The van der Waals surface area contributed by atoms with E-state index in [0.717, 1.165) is 6.42 Å². The van der Waals surface area contributed by atoms with Gasteiger partial charge in [-0.2, -0.15) is 0 Å². The quantitative estimate of drug-likeness (QED) is 0.722. The number of aromatic nitrogens is 1. The van der Waals surface area contributed by atoms with Crippen molar-refractivity contribution in [1.29, 1.82) is 0 Å². The van der Waals surface area contributed by atoms with E-state index in [-0.39, 0.29) is 11.6 Å². The number of pyridine rings is 1. The number of anilines is 1. The van der Waals surface area contributed by atoms with E-state index in [2.05, 4.69) is 0 Å². The summed E-state index contributed by atoms with van der Waals surface area (Å²) in [4.78, 5) is 11.4. The van der Waals surface area contributed by atoms with Gasteiger partial charge in [0.2, 0.25) is 0 Å². The molecule has 1 heterocycles. The van der Waals surface area contributed by atoms with E-state index in [1.807, 2.05) is 13.8 Å². The zero-order chi connectivity index (χ0) is 9.14. The van der Waals surface area contributed by atoms with Gasteiger partial charge >= 0.3 is 0 Å². The van der Waals surface area contributed by atoms with E-state index in [4.69, 9.17) is 5.73 Å². The van der Waals surface area contributed by atoms with E-state index in [1.54, 1.807) is 22.9 Å². The maximum absolute atomic E-state index is 11.4. The van der Waals surface area contributed by atoms with Crippen molar-refractivity contribution in [1.82, 2.24) is 4.57 Å². The predicted molar refractivity (Wildman–Crippen MR) is 50.1 cm³/mol. The molecule has 12 heavy (non-hydrogen) atoms. The Kier molecular flexibility index (Phi) is 2.53. The summed E-state index contributed by atoms with van der Waals surface area (Å²) in [5.74, 6) is 0. The Bertz CT molecular complexity index is 317. The molecule has 0 spiro atoms. The van der Waals surface area contributed by atoms with Gasteiger partial charge in [-0.15, -0.1) is 0 Å². The Balaban J connectivity index is 3.17. The molecule has 0 saturated heterocycles. The largest absolute Gasteiger partial charge is 0.394 e. The lowest BCUT2D eigenvalue weighted by molar-refractivity contribution is 0.515. The number of nitrogens with two attached hydrogens (primary N) is 1. The first-order valence-corrected chi connectivity index (χ1v) is 4.13. The van der Waals surface area contributed by atoms with Crippen LogP contribution in [0.1, 0.15) is 26.3 Å². The maximum atomic E-state index is 11.4. The molecule has 1 atom stereocenters. The first-order valence-electron chi connectivity index (χ1n) is 4.13. The molecule has 1 rings (SSSR count). The SMILES string of the molecule is CCC(C)n1cccc(N)c1=O. The van der Waals surface area contributed by atoms with Crippen LogP contribution in [-0.4, -0.2) is 4.57 Å². The number of nitrogen functional groups attached to an aromatic ring is 1. The molecule has 0 aliphatic carbocycles. The highest BCUT2D eigenvalue weighted by atomic mass is 16.1. The van der Waals surface area contributed by atoms with Crippen molar-refractivity contribution in [3.05, 3.63) is 28.7 Å². The highest BCUT2D eigenvalue weighted by Gasteiger charge is 2.04. The first kappa shape index (κ1) is 8.84. The summed E-state index contributed by atoms with van der Waals surface area (Å²) in [6.45, 7) is 4.04. The van der Waals surface area contributed by atoms with Crippen molar-refractivity contribution in [2.45, 2.75) is 26.3 Å². The van der Waals surface area contributed by atoms with Gasteiger partial charge in [-0.05, 0) is 25.5 Å². The van der Waals surface area contributed by atoms with Gasteiger partial charge in [0.15, 0.2) is 0 Å². The van der Waals surface area contributed by atoms with Gasteiger partial charge < -0.3 is 10.3 Å². The van der Waals surface area contributed by atoms with Crippen molar-refractivity contribution >= 4 is 5.69 Å². The molecule has 3 heteroatoms. The van der Waals surface area contributed by atoms with Crippen LogP contribution >= 0.6 is 0 Å². The number of hydrogen-bond acceptors (Lipinski definition) is 2. The molecular weight excluding hydrogens is 152 g/mol. The fourth-order valence-electron chi connectivity index (χ4n) is 1.07. The molecule has 2 N–H and O–H groups in total. The fraction of sp³-hybridized carbons (Fsp3) is 0.444. The molecule has 0 bridgehead atoms. The van der Waals surface area contributed by atoms with Crippen LogP contribution in [0.5, 0.6) is 0 Å². The summed E-state index contributed by atoms with van der Waals surface area (Å²) in [6.07, 6.45) is 2.70. The summed E-state index contributed by atoms with van der Waals surface area (Å²) < 4.78 is 1.66. The van der Waals surface area contributed by atoms with E-state index in [1.165, 1.54) is 0 Å². The average Bonchev–Trinajstić information content (AvgIpc) is 2.08. The lowest BCUT2D eigenvalue weighted by Crippen LogP contribution is -2.24. The first-order chi connectivity index (χ1) is 5.66. The molecule has 0 aromatic carbocycles. The van der Waals surface area contributed by atoms with Crippen molar-refractivity contribution in [2.24, 2.45) is 0 Å². The summed E-state index contributed by atoms with van der Waals surface area (Å²) in [6, 6.07) is 3.64. The second kappa shape index (κ2) is 3.43. The van der Waals surface area contributed by atoms with Gasteiger partial charge in [0.25, 0.3) is 5.56 Å². The van der Waals surface area contributed by atoms with E-state index < -0.39 is 0 Å². The summed E-state index contributed by atoms with van der Waals surface area (Å²) in [5, 5.41) is 0. The molecular formula is C9H14N2O. The van der Waals surface area contributed by atoms with Gasteiger partial charge in [0.1, 0.15) is 0 Å². The fourth-order valence-corrected chi connectivity index (χ4v) is 1.07. The molecule has 0 radical (unpaired) electrons. The van der Waals surface area contributed by atoms with Gasteiger partial charge in [-0.1, -0.05) is 6.92 Å². The molecule has 0 aliphatic rings. The number of rotatable bonds is 2. The zero-order valence-corrected chi connectivity index (χ0v) is 7.45. The van der Waals surface area contributed by atoms with Crippen molar-refractivity contribution < 1.29 is 0 Å². The van der Waals surface area contributed by atoms with Crippen LogP contribution in [0.3, 0.4) is 0 Å². The van der Waals surface area contributed by atoms with Gasteiger partial charge in [0, 0.05) is 12.2 Å². The van der Waals surface area contributed by atoms with Crippen LogP contribution in [0.4, 0.5) is 5.69 Å². The van der Waals surface area contributed by atoms with Gasteiger partial charge in [-0.3, -0.25) is 4.79 Å². The number of nitrogens with zero attached hydrogens (tertiary/aromatic N) is 1. The van der Waals surface area contributed by atoms with Gasteiger partial charge in [0.05, 0.1) is 5.69 Å². The van der Waals surface area contributed by atoms with Crippen LogP contribution in [0.2, 0.25) is 0 Å². The zero-order valence-electron chi connectivity index (χ0n) is 7.45. The van der Waals surface area contributed by atoms with Crippen molar-refractivity contribution in [3.63, 3.8) is 0 Å². The summed E-state index contributed by atoms with van der Waals surface area (Å²) in [7, 11) is 0. The lowest BCUT2D eigenvalue weighted by atomic mass is 10.2. The Morgan fingerprint density at radius 1 is 1.67 bits per heavy atom. The second-order valence-electron chi connectivity index (χ2n) is 2.93. The smallest absolute Gasteiger partial charge is 0.273 e. The minimum atomic E-state index is -0.0909. The van der Waals surface area contributed by atoms with Crippen molar-refractivity contribution in [2.75, 3.05) is 5.73 Å². The van der Waals surface area contributed by atoms with Gasteiger partial charge in [-0.25, -0.2) is 0 Å². The lowest BCUT2D eigenvalue weighted by Gasteiger charge is -2.12. The third-order valence-electron chi connectivity index (χ3n) is 2.07. The van der Waals surface area contributed by atoms with Crippen LogP contribution in [0.25, 0.3) is 0 Å². The maximum Gasteiger partial charge on any atom is 0.273 e. The molecule has 3 nitrogen and oxygen atoms in total. The monoisotopic (exact) mass is 166 g/mol. The molecule has 1 aromatic rings. The topological polar surface area (TPSA) is 48.0 Å². The molecule has 0 saturated carbocycles. The van der Waals surface area contributed by atoms with E-state index in [9.17, 15) is 4.79 Å². The van der Waals surface area contributed by atoms with E-state index >= 15 is 0 Å².